The SMILES string of the molecule is CCCCCN(C)c1ccc(C(C)O)c(O)c1. The normalized spacial score (nSPS) is 12.5. The molecule has 1 rings (SSSR count). The molecular formula is C14H23NO2. The standard InChI is InChI=1S/C14H23NO2/c1-4-5-6-9-15(3)12-7-8-13(11(2)16)14(17)10-12/h7-8,10-11,16-17H,4-6,9H2,1-3H3. The van der Waals surface area contributed by atoms with Crippen molar-refractivity contribution in [2.45, 2.75) is 39.2 Å². The molecule has 3 heteroatoms. The zero-order valence-electron chi connectivity index (χ0n) is 11.0. The Morgan fingerprint density at radius 2 is 2.00 bits per heavy atom. The van der Waals surface area contributed by atoms with Crippen LogP contribution in [0.4, 0.5) is 5.69 Å². The summed E-state index contributed by atoms with van der Waals surface area (Å²) in [6, 6.07) is 5.44. The molecule has 0 spiro atoms. The lowest BCUT2D eigenvalue weighted by Crippen LogP contribution is -2.18. The summed E-state index contributed by atoms with van der Waals surface area (Å²) >= 11 is 0. The van der Waals surface area contributed by atoms with Gasteiger partial charge in [-0.25, -0.2) is 0 Å². The number of phenolic OH excluding ortho intramolecular Hbond substituents is 1. The second kappa shape index (κ2) is 6.50. The van der Waals surface area contributed by atoms with Gasteiger partial charge in [-0.3, -0.25) is 0 Å². The molecule has 1 aromatic carbocycles. The largest absolute Gasteiger partial charge is 0.507 e. The summed E-state index contributed by atoms with van der Waals surface area (Å²) in [6.07, 6.45) is 2.96. The van der Waals surface area contributed by atoms with E-state index < -0.39 is 6.10 Å². The van der Waals surface area contributed by atoms with Crippen LogP contribution in [0, 0.1) is 0 Å². The van der Waals surface area contributed by atoms with Crippen LogP contribution in [-0.4, -0.2) is 23.8 Å². The van der Waals surface area contributed by atoms with Crippen molar-refractivity contribution in [1.29, 1.82) is 0 Å². The van der Waals surface area contributed by atoms with Gasteiger partial charge >= 0.3 is 0 Å². The van der Waals surface area contributed by atoms with Gasteiger partial charge in [0.15, 0.2) is 0 Å². The number of aliphatic hydroxyl groups excluding tert-OH is 1. The summed E-state index contributed by atoms with van der Waals surface area (Å²) in [4.78, 5) is 2.13. The maximum atomic E-state index is 9.80. The maximum Gasteiger partial charge on any atom is 0.123 e. The lowest BCUT2D eigenvalue weighted by molar-refractivity contribution is 0.195. The van der Waals surface area contributed by atoms with E-state index in [0.29, 0.717) is 5.56 Å². The monoisotopic (exact) mass is 237 g/mol. The van der Waals surface area contributed by atoms with Crippen molar-refractivity contribution < 1.29 is 10.2 Å². The molecule has 0 amide bonds. The summed E-state index contributed by atoms with van der Waals surface area (Å²) < 4.78 is 0. The third-order valence-electron chi connectivity index (χ3n) is 3.00. The number of unbranched alkanes of at least 4 members (excludes halogenated alkanes) is 2. The zero-order valence-corrected chi connectivity index (χ0v) is 11.0. The second-order valence-electron chi connectivity index (χ2n) is 4.55. The van der Waals surface area contributed by atoms with Crippen LogP contribution < -0.4 is 4.90 Å². The first-order valence-electron chi connectivity index (χ1n) is 6.28. The highest BCUT2D eigenvalue weighted by Gasteiger charge is 2.09. The highest BCUT2D eigenvalue weighted by Crippen LogP contribution is 2.28. The van der Waals surface area contributed by atoms with Crippen LogP contribution in [0.25, 0.3) is 0 Å². The molecule has 0 radical (unpaired) electrons. The van der Waals surface area contributed by atoms with E-state index in [9.17, 15) is 10.2 Å². The van der Waals surface area contributed by atoms with Crippen molar-refractivity contribution in [2.24, 2.45) is 0 Å². The minimum atomic E-state index is -0.630. The van der Waals surface area contributed by atoms with E-state index in [4.69, 9.17) is 0 Å². The van der Waals surface area contributed by atoms with E-state index in [0.717, 1.165) is 18.7 Å². The minimum Gasteiger partial charge on any atom is -0.507 e. The van der Waals surface area contributed by atoms with Gasteiger partial charge in [-0.05, 0) is 19.4 Å². The number of phenols is 1. The summed E-state index contributed by atoms with van der Waals surface area (Å²) in [5.41, 5.74) is 1.57. The van der Waals surface area contributed by atoms with Crippen molar-refractivity contribution in [1.82, 2.24) is 0 Å². The summed E-state index contributed by atoms with van der Waals surface area (Å²) in [5, 5.41) is 19.2. The van der Waals surface area contributed by atoms with Gasteiger partial charge in [-0.1, -0.05) is 25.8 Å². The molecule has 17 heavy (non-hydrogen) atoms. The van der Waals surface area contributed by atoms with Crippen molar-refractivity contribution >= 4 is 5.69 Å². The first-order valence-corrected chi connectivity index (χ1v) is 6.28. The maximum absolute atomic E-state index is 9.80. The van der Waals surface area contributed by atoms with Crippen LogP contribution in [0.5, 0.6) is 5.75 Å². The van der Waals surface area contributed by atoms with E-state index in [1.807, 2.05) is 13.1 Å². The third-order valence-corrected chi connectivity index (χ3v) is 3.00. The number of aliphatic hydroxyl groups is 1. The third kappa shape index (κ3) is 3.93. The average molecular weight is 237 g/mol. The fourth-order valence-corrected chi connectivity index (χ4v) is 1.85. The number of aromatic hydroxyl groups is 1. The van der Waals surface area contributed by atoms with Crippen LogP contribution >= 0.6 is 0 Å². The predicted octanol–water partition coefficient (Wildman–Crippen LogP) is 3.07. The molecule has 0 bridgehead atoms. The van der Waals surface area contributed by atoms with Gasteiger partial charge in [0.2, 0.25) is 0 Å². The Bertz CT molecular complexity index is 350. The number of rotatable bonds is 6. The van der Waals surface area contributed by atoms with E-state index >= 15 is 0 Å². The van der Waals surface area contributed by atoms with E-state index in [2.05, 4.69) is 11.8 Å². The molecular weight excluding hydrogens is 214 g/mol. The van der Waals surface area contributed by atoms with Gasteiger partial charge in [0.1, 0.15) is 5.75 Å². The van der Waals surface area contributed by atoms with Gasteiger partial charge in [0.05, 0.1) is 6.10 Å². The molecule has 1 atom stereocenters. The molecule has 0 heterocycles. The predicted molar refractivity (Wildman–Crippen MR) is 71.5 cm³/mol. The summed E-state index contributed by atoms with van der Waals surface area (Å²) in [7, 11) is 2.02. The van der Waals surface area contributed by atoms with Crippen LogP contribution in [-0.2, 0) is 0 Å². The number of anilines is 1. The fraction of sp³-hybridized carbons (Fsp3) is 0.571. The molecule has 0 fully saturated rings. The second-order valence-corrected chi connectivity index (χ2v) is 4.55. The number of nitrogens with zero attached hydrogens (tertiary/aromatic N) is 1. The Kier molecular flexibility index (Phi) is 5.29. The van der Waals surface area contributed by atoms with Crippen LogP contribution in [0.3, 0.4) is 0 Å². The molecule has 3 nitrogen and oxygen atoms in total. The van der Waals surface area contributed by atoms with Gasteiger partial charge < -0.3 is 15.1 Å². The number of hydrogen-bond acceptors (Lipinski definition) is 3. The summed E-state index contributed by atoms with van der Waals surface area (Å²) in [5.74, 6) is 0.167. The minimum absolute atomic E-state index is 0.167. The molecule has 96 valence electrons. The van der Waals surface area contributed by atoms with Crippen molar-refractivity contribution in [2.75, 3.05) is 18.5 Å². The molecule has 0 aliphatic carbocycles. The molecule has 0 saturated heterocycles. The Labute approximate surface area is 104 Å². The van der Waals surface area contributed by atoms with Gasteiger partial charge in [0.25, 0.3) is 0 Å². The van der Waals surface area contributed by atoms with Crippen LogP contribution in [0.1, 0.15) is 44.8 Å². The Balaban J connectivity index is 2.69. The molecule has 2 N–H and O–H groups in total. The van der Waals surface area contributed by atoms with Gasteiger partial charge in [-0.2, -0.15) is 0 Å². The average Bonchev–Trinajstić information content (AvgIpc) is 2.28. The first-order chi connectivity index (χ1) is 8.06. The molecule has 0 aliphatic rings. The zero-order chi connectivity index (χ0) is 12.8. The fourth-order valence-electron chi connectivity index (χ4n) is 1.85. The highest BCUT2D eigenvalue weighted by atomic mass is 16.3. The molecule has 1 aromatic rings. The van der Waals surface area contributed by atoms with Crippen molar-refractivity contribution in [3.8, 4) is 5.75 Å². The van der Waals surface area contributed by atoms with E-state index in [1.165, 1.54) is 12.8 Å². The van der Waals surface area contributed by atoms with Crippen molar-refractivity contribution in [3.63, 3.8) is 0 Å². The molecule has 1 unspecified atom stereocenters. The molecule has 0 aliphatic heterocycles. The Hall–Kier alpha value is -1.22. The van der Waals surface area contributed by atoms with E-state index in [-0.39, 0.29) is 5.75 Å². The van der Waals surface area contributed by atoms with Crippen LogP contribution in [0.15, 0.2) is 18.2 Å². The lowest BCUT2D eigenvalue weighted by Gasteiger charge is -2.20. The number of hydrogen-bond donors (Lipinski definition) is 2. The highest BCUT2D eigenvalue weighted by molar-refractivity contribution is 5.53. The van der Waals surface area contributed by atoms with Gasteiger partial charge in [0, 0.05) is 30.9 Å². The molecule has 0 saturated carbocycles. The quantitative estimate of drug-likeness (QED) is 0.747. The molecule has 0 aromatic heterocycles. The van der Waals surface area contributed by atoms with Gasteiger partial charge in [-0.15, -0.1) is 0 Å². The van der Waals surface area contributed by atoms with E-state index in [1.54, 1.807) is 19.1 Å². The first kappa shape index (κ1) is 13.8. The topological polar surface area (TPSA) is 43.7 Å². The Morgan fingerprint density at radius 3 is 2.53 bits per heavy atom. The Morgan fingerprint density at radius 1 is 1.29 bits per heavy atom. The summed E-state index contributed by atoms with van der Waals surface area (Å²) in [6.45, 7) is 4.82. The lowest BCUT2D eigenvalue weighted by atomic mass is 10.1. The number of benzene rings is 1. The van der Waals surface area contributed by atoms with Crippen LogP contribution in [0.2, 0.25) is 0 Å². The van der Waals surface area contributed by atoms with Crippen molar-refractivity contribution in [3.05, 3.63) is 23.8 Å². The smallest absolute Gasteiger partial charge is 0.123 e.